The van der Waals surface area contributed by atoms with Gasteiger partial charge in [0.15, 0.2) is 0 Å². The molecule has 0 N–H and O–H groups in total. The van der Waals surface area contributed by atoms with Gasteiger partial charge >= 0.3 is 0 Å². The van der Waals surface area contributed by atoms with Gasteiger partial charge in [-0.2, -0.15) is 0 Å². The van der Waals surface area contributed by atoms with Gasteiger partial charge in [0.1, 0.15) is 5.76 Å². The van der Waals surface area contributed by atoms with Gasteiger partial charge in [0.2, 0.25) is 0 Å². The molecule has 0 saturated heterocycles. The van der Waals surface area contributed by atoms with Gasteiger partial charge < -0.3 is 4.52 Å². The lowest BCUT2D eigenvalue weighted by Crippen LogP contribution is -1.85. The average molecular weight is 257 g/mol. The molecule has 2 heterocycles. The summed E-state index contributed by atoms with van der Waals surface area (Å²) in [6, 6.07) is 9.67. The second-order valence-electron chi connectivity index (χ2n) is 3.62. The van der Waals surface area contributed by atoms with E-state index >= 15 is 0 Å². The third kappa shape index (κ3) is 4.87. The number of fused-ring (bicyclic) bond motifs is 1. The summed E-state index contributed by atoms with van der Waals surface area (Å²) in [7, 11) is 0. The summed E-state index contributed by atoms with van der Waals surface area (Å²) in [4.78, 5) is 8.53. The molecule has 0 saturated carbocycles. The van der Waals surface area contributed by atoms with Crippen molar-refractivity contribution in [3.63, 3.8) is 0 Å². The lowest BCUT2D eigenvalue weighted by molar-refractivity contribution is 0.397. The van der Waals surface area contributed by atoms with E-state index in [0.717, 1.165) is 22.5 Å². The van der Waals surface area contributed by atoms with E-state index in [2.05, 4.69) is 19.6 Å². The van der Waals surface area contributed by atoms with Crippen molar-refractivity contribution in [3.8, 4) is 0 Å². The third-order valence-corrected chi connectivity index (χ3v) is 2.14. The van der Waals surface area contributed by atoms with Gasteiger partial charge in [-0.05, 0) is 26.0 Å². The van der Waals surface area contributed by atoms with Crippen molar-refractivity contribution in [1.29, 1.82) is 0 Å². The fourth-order valence-electron chi connectivity index (χ4n) is 1.33. The highest BCUT2D eigenvalue weighted by Gasteiger charge is 1.92. The van der Waals surface area contributed by atoms with Crippen LogP contribution in [0, 0.1) is 13.8 Å². The Labute approximate surface area is 113 Å². The molecular formula is C15H19N3O. The predicted molar refractivity (Wildman–Crippen MR) is 76.9 cm³/mol. The molecule has 0 aliphatic carbocycles. The van der Waals surface area contributed by atoms with Crippen molar-refractivity contribution < 1.29 is 4.52 Å². The molecule has 3 rings (SSSR count). The van der Waals surface area contributed by atoms with E-state index in [1.807, 2.05) is 52.0 Å². The first kappa shape index (κ1) is 14.8. The van der Waals surface area contributed by atoms with E-state index in [1.54, 1.807) is 18.5 Å². The van der Waals surface area contributed by atoms with Gasteiger partial charge in [0.05, 0.1) is 22.9 Å². The summed E-state index contributed by atoms with van der Waals surface area (Å²) in [6.45, 7) is 7.80. The lowest BCUT2D eigenvalue weighted by Gasteiger charge is -1.95. The monoisotopic (exact) mass is 257 g/mol. The zero-order valence-electron chi connectivity index (χ0n) is 11.8. The first-order chi connectivity index (χ1) is 9.25. The number of hydrogen-bond donors (Lipinski definition) is 0. The summed E-state index contributed by atoms with van der Waals surface area (Å²) in [5, 5.41) is 3.45. The molecular weight excluding hydrogens is 238 g/mol. The zero-order valence-corrected chi connectivity index (χ0v) is 11.8. The fourth-order valence-corrected chi connectivity index (χ4v) is 1.33. The van der Waals surface area contributed by atoms with Gasteiger partial charge in [0, 0.05) is 12.3 Å². The van der Waals surface area contributed by atoms with Crippen LogP contribution in [0.2, 0.25) is 0 Å². The van der Waals surface area contributed by atoms with Crippen LogP contribution < -0.4 is 0 Å². The zero-order chi connectivity index (χ0) is 14.1. The molecule has 0 spiro atoms. The van der Waals surface area contributed by atoms with E-state index in [4.69, 9.17) is 0 Å². The van der Waals surface area contributed by atoms with Crippen molar-refractivity contribution in [2.45, 2.75) is 27.7 Å². The molecule has 19 heavy (non-hydrogen) atoms. The van der Waals surface area contributed by atoms with Crippen molar-refractivity contribution in [2.75, 3.05) is 0 Å². The summed E-state index contributed by atoms with van der Waals surface area (Å²) in [6.07, 6.45) is 3.40. The number of nitrogens with zero attached hydrogens (tertiary/aromatic N) is 3. The molecule has 0 radical (unpaired) electrons. The minimum Gasteiger partial charge on any atom is -0.362 e. The topological polar surface area (TPSA) is 51.8 Å². The van der Waals surface area contributed by atoms with Gasteiger partial charge in [-0.15, -0.1) is 0 Å². The minimum atomic E-state index is 0.856. The van der Waals surface area contributed by atoms with Crippen LogP contribution in [0.25, 0.3) is 11.0 Å². The van der Waals surface area contributed by atoms with E-state index < -0.39 is 0 Å². The number of hydrogen-bond acceptors (Lipinski definition) is 4. The van der Waals surface area contributed by atoms with E-state index in [1.165, 1.54) is 0 Å². The number of rotatable bonds is 0. The quantitative estimate of drug-likeness (QED) is 0.612. The Kier molecular flexibility index (Phi) is 6.22. The Morgan fingerprint density at radius 2 is 1.63 bits per heavy atom. The van der Waals surface area contributed by atoms with Crippen LogP contribution in [0.3, 0.4) is 0 Å². The van der Waals surface area contributed by atoms with Crippen LogP contribution in [0.1, 0.15) is 25.3 Å². The molecule has 0 unspecified atom stereocenters. The number of para-hydroxylation sites is 2. The van der Waals surface area contributed by atoms with Crippen LogP contribution in [-0.4, -0.2) is 15.1 Å². The predicted octanol–water partition coefficient (Wildman–Crippen LogP) is 3.95. The molecule has 4 nitrogen and oxygen atoms in total. The van der Waals surface area contributed by atoms with Crippen molar-refractivity contribution in [3.05, 3.63) is 54.2 Å². The molecule has 0 atom stereocenters. The van der Waals surface area contributed by atoms with Crippen molar-refractivity contribution in [1.82, 2.24) is 15.1 Å². The number of benzene rings is 1. The Hall–Kier alpha value is -2.23. The second-order valence-corrected chi connectivity index (χ2v) is 3.62. The molecule has 0 aliphatic heterocycles. The maximum Gasteiger partial charge on any atom is 0.133 e. The van der Waals surface area contributed by atoms with Gasteiger partial charge in [-0.3, -0.25) is 4.98 Å². The van der Waals surface area contributed by atoms with Crippen LogP contribution in [0.15, 0.2) is 47.2 Å². The van der Waals surface area contributed by atoms with Gasteiger partial charge in [-0.1, -0.05) is 31.1 Å². The smallest absolute Gasteiger partial charge is 0.133 e. The SMILES string of the molecule is CC.Cc1ccno1.Cc1cnc2ccccc2n1. The Bertz CT molecular complexity index is 591. The van der Waals surface area contributed by atoms with Crippen LogP contribution >= 0.6 is 0 Å². The highest BCUT2D eigenvalue weighted by molar-refractivity contribution is 5.73. The van der Waals surface area contributed by atoms with Crippen molar-refractivity contribution >= 4 is 11.0 Å². The molecule has 0 aliphatic rings. The molecule has 1 aromatic carbocycles. The molecule has 3 aromatic rings. The maximum absolute atomic E-state index is 4.58. The third-order valence-electron chi connectivity index (χ3n) is 2.14. The van der Waals surface area contributed by atoms with E-state index in [-0.39, 0.29) is 0 Å². The lowest BCUT2D eigenvalue weighted by atomic mass is 10.3. The first-order valence-electron chi connectivity index (χ1n) is 6.31. The average Bonchev–Trinajstić information content (AvgIpc) is 2.93. The van der Waals surface area contributed by atoms with Crippen LogP contribution in [-0.2, 0) is 0 Å². The van der Waals surface area contributed by atoms with Crippen LogP contribution in [0.4, 0.5) is 0 Å². The van der Waals surface area contributed by atoms with Crippen molar-refractivity contribution in [2.24, 2.45) is 0 Å². The molecule has 2 aromatic heterocycles. The maximum atomic E-state index is 4.58. The van der Waals surface area contributed by atoms with Gasteiger partial charge in [-0.25, -0.2) is 4.98 Å². The van der Waals surface area contributed by atoms with Crippen LogP contribution in [0.5, 0.6) is 0 Å². The summed E-state index contributed by atoms with van der Waals surface area (Å²) in [5.74, 6) is 0.856. The molecule has 0 amide bonds. The summed E-state index contributed by atoms with van der Waals surface area (Å²) in [5.41, 5.74) is 2.88. The van der Waals surface area contributed by atoms with E-state index in [9.17, 15) is 0 Å². The highest BCUT2D eigenvalue weighted by Crippen LogP contribution is 2.06. The second kappa shape index (κ2) is 7.97. The van der Waals surface area contributed by atoms with Gasteiger partial charge in [0.25, 0.3) is 0 Å². The Morgan fingerprint density at radius 3 is 2.16 bits per heavy atom. The largest absolute Gasteiger partial charge is 0.362 e. The van der Waals surface area contributed by atoms with E-state index in [0.29, 0.717) is 0 Å². The minimum absolute atomic E-state index is 0.856. The number of aryl methyl sites for hydroxylation is 2. The summed E-state index contributed by atoms with van der Waals surface area (Å²) >= 11 is 0. The Morgan fingerprint density at radius 1 is 0.947 bits per heavy atom. The molecule has 4 heteroatoms. The molecule has 0 fully saturated rings. The Balaban J connectivity index is 0.000000192. The first-order valence-corrected chi connectivity index (χ1v) is 6.31. The highest BCUT2D eigenvalue weighted by atomic mass is 16.5. The molecule has 100 valence electrons. The number of aromatic nitrogens is 3. The standard InChI is InChI=1S/C9H8N2.C4H5NO.C2H6/c1-7-6-10-8-4-2-3-5-9(8)11-7;1-4-2-3-5-6-4;1-2/h2-6H,1H3;2-3H,1H3;1-2H3. The normalized spacial score (nSPS) is 9.05. The fraction of sp³-hybridized carbons (Fsp3) is 0.267. The molecule has 0 bridgehead atoms. The summed E-state index contributed by atoms with van der Waals surface area (Å²) < 4.78 is 4.58.